The molecule has 0 atom stereocenters. The van der Waals surface area contributed by atoms with Crippen LogP contribution in [0.3, 0.4) is 0 Å². The highest BCUT2D eigenvalue weighted by atomic mass is 32.1. The molecule has 0 amide bonds. The summed E-state index contributed by atoms with van der Waals surface area (Å²) in [6, 6.07) is 0. The minimum atomic E-state index is 0.542. The van der Waals surface area contributed by atoms with Crippen molar-refractivity contribution in [1.82, 2.24) is 4.98 Å². The highest BCUT2D eigenvalue weighted by molar-refractivity contribution is 7.15. The first-order chi connectivity index (χ1) is 8.36. The number of hydrogen-bond acceptors (Lipinski definition) is 7. The molecule has 17 heavy (non-hydrogen) atoms. The van der Waals surface area contributed by atoms with E-state index in [-0.39, 0.29) is 0 Å². The first kappa shape index (κ1) is 14.3. The number of methoxy groups -OCH3 is 1. The first-order valence-corrected chi connectivity index (χ1v) is 6.24. The van der Waals surface area contributed by atoms with Crippen molar-refractivity contribution in [3.63, 3.8) is 0 Å². The zero-order valence-electron chi connectivity index (χ0n) is 9.98. The van der Waals surface area contributed by atoms with Crippen LogP contribution in [0.5, 0.6) is 0 Å². The van der Waals surface area contributed by atoms with Gasteiger partial charge in [0, 0.05) is 26.5 Å². The highest BCUT2D eigenvalue weighted by Gasteiger charge is 2.00. The van der Waals surface area contributed by atoms with Crippen LogP contribution in [-0.2, 0) is 20.8 Å². The largest absolute Gasteiger partial charge is 0.385 e. The molecule has 0 aliphatic heterocycles. The van der Waals surface area contributed by atoms with Crippen LogP contribution in [0.2, 0.25) is 0 Å². The number of nitrogen functional groups attached to an aromatic ring is 1. The van der Waals surface area contributed by atoms with Gasteiger partial charge in [-0.05, 0) is 6.42 Å². The van der Waals surface area contributed by atoms with E-state index in [1.54, 1.807) is 13.3 Å². The summed E-state index contributed by atoms with van der Waals surface area (Å²) >= 11 is 1.48. The lowest BCUT2D eigenvalue weighted by atomic mass is 10.5. The Morgan fingerprint density at radius 3 is 2.82 bits per heavy atom. The van der Waals surface area contributed by atoms with Crippen LogP contribution in [-0.4, -0.2) is 38.5 Å². The summed E-state index contributed by atoms with van der Waals surface area (Å²) < 4.78 is 15.7. The fourth-order valence-corrected chi connectivity index (χ4v) is 1.80. The van der Waals surface area contributed by atoms with Crippen LogP contribution < -0.4 is 11.3 Å². The molecular formula is C10H19N3O3S. The SMILES string of the molecule is COCCCOCCOCc1cnc(NN)s1. The number of nitrogens with zero attached hydrogens (tertiary/aromatic N) is 1. The monoisotopic (exact) mass is 261 g/mol. The maximum absolute atomic E-state index is 5.43. The number of rotatable bonds is 10. The Morgan fingerprint density at radius 2 is 2.12 bits per heavy atom. The number of hydrogen-bond donors (Lipinski definition) is 2. The van der Waals surface area contributed by atoms with Gasteiger partial charge < -0.3 is 14.2 Å². The first-order valence-electron chi connectivity index (χ1n) is 5.42. The second kappa shape index (κ2) is 9.32. The molecule has 0 aromatic carbocycles. The van der Waals surface area contributed by atoms with Crippen LogP contribution in [0, 0.1) is 0 Å². The molecule has 0 bridgehead atoms. The molecule has 1 rings (SSSR count). The third kappa shape index (κ3) is 6.54. The third-order valence-electron chi connectivity index (χ3n) is 1.93. The summed E-state index contributed by atoms with van der Waals surface area (Å²) in [4.78, 5) is 5.08. The fraction of sp³-hybridized carbons (Fsp3) is 0.700. The van der Waals surface area contributed by atoms with Gasteiger partial charge in [0.25, 0.3) is 0 Å². The standard InChI is InChI=1S/C10H19N3O3S/c1-14-3-2-4-15-5-6-16-8-9-7-12-10(13-11)17-9/h7H,2-6,8,11H2,1H3,(H,12,13). The maximum atomic E-state index is 5.43. The van der Waals surface area contributed by atoms with Crippen molar-refractivity contribution in [2.75, 3.05) is 39.0 Å². The van der Waals surface area contributed by atoms with E-state index in [1.165, 1.54) is 11.3 Å². The fourth-order valence-electron chi connectivity index (χ4n) is 1.14. The number of aromatic nitrogens is 1. The van der Waals surface area contributed by atoms with Gasteiger partial charge >= 0.3 is 0 Å². The molecule has 7 heteroatoms. The molecule has 6 nitrogen and oxygen atoms in total. The van der Waals surface area contributed by atoms with Crippen molar-refractivity contribution in [3.8, 4) is 0 Å². The predicted octanol–water partition coefficient (Wildman–Crippen LogP) is 0.998. The van der Waals surface area contributed by atoms with Crippen LogP contribution in [0.4, 0.5) is 5.13 Å². The molecule has 3 N–H and O–H groups in total. The molecule has 0 saturated heterocycles. The minimum Gasteiger partial charge on any atom is -0.385 e. The summed E-state index contributed by atoms with van der Waals surface area (Å²) in [5.74, 6) is 5.22. The lowest BCUT2D eigenvalue weighted by molar-refractivity contribution is 0.0344. The van der Waals surface area contributed by atoms with E-state index in [4.69, 9.17) is 20.1 Å². The van der Waals surface area contributed by atoms with Crippen molar-refractivity contribution >= 4 is 16.5 Å². The zero-order chi connectivity index (χ0) is 12.3. The van der Waals surface area contributed by atoms with Crippen molar-refractivity contribution in [1.29, 1.82) is 0 Å². The van der Waals surface area contributed by atoms with Crippen molar-refractivity contribution < 1.29 is 14.2 Å². The van der Waals surface area contributed by atoms with Gasteiger partial charge in [-0.3, -0.25) is 5.43 Å². The Bertz CT molecular complexity index is 296. The molecule has 0 saturated carbocycles. The zero-order valence-corrected chi connectivity index (χ0v) is 10.8. The molecule has 98 valence electrons. The number of anilines is 1. The lowest BCUT2D eigenvalue weighted by Gasteiger charge is -2.04. The van der Waals surface area contributed by atoms with Gasteiger partial charge in [0.1, 0.15) is 0 Å². The minimum absolute atomic E-state index is 0.542. The van der Waals surface area contributed by atoms with Crippen molar-refractivity contribution in [3.05, 3.63) is 11.1 Å². The van der Waals surface area contributed by atoms with Crippen molar-refractivity contribution in [2.24, 2.45) is 5.84 Å². The number of nitrogens with two attached hydrogens (primary N) is 1. The molecule has 0 aliphatic rings. The molecular weight excluding hydrogens is 242 g/mol. The second-order valence-corrected chi connectivity index (χ2v) is 4.40. The number of nitrogens with one attached hydrogen (secondary N) is 1. The highest BCUT2D eigenvalue weighted by Crippen LogP contribution is 2.17. The number of ether oxygens (including phenoxy) is 3. The van der Waals surface area contributed by atoms with Gasteiger partial charge in [0.2, 0.25) is 0 Å². The Labute approximate surface area is 105 Å². The van der Waals surface area contributed by atoms with E-state index >= 15 is 0 Å². The van der Waals surface area contributed by atoms with E-state index in [0.29, 0.717) is 31.6 Å². The molecule has 1 aromatic rings. The maximum Gasteiger partial charge on any atom is 0.197 e. The molecule has 0 unspecified atom stereocenters. The van der Waals surface area contributed by atoms with E-state index in [0.717, 1.165) is 17.9 Å². The summed E-state index contributed by atoms with van der Waals surface area (Å²) in [7, 11) is 1.68. The van der Waals surface area contributed by atoms with Crippen LogP contribution in [0.1, 0.15) is 11.3 Å². The Hall–Kier alpha value is -0.730. The van der Waals surface area contributed by atoms with Gasteiger partial charge in [-0.15, -0.1) is 0 Å². The topological polar surface area (TPSA) is 78.6 Å². The van der Waals surface area contributed by atoms with Crippen molar-refractivity contribution in [2.45, 2.75) is 13.0 Å². The summed E-state index contributed by atoms with van der Waals surface area (Å²) in [5.41, 5.74) is 2.49. The molecule has 1 aromatic heterocycles. The van der Waals surface area contributed by atoms with Crippen LogP contribution in [0.15, 0.2) is 6.20 Å². The normalized spacial score (nSPS) is 10.7. The smallest absolute Gasteiger partial charge is 0.197 e. The van der Waals surface area contributed by atoms with E-state index in [9.17, 15) is 0 Å². The molecule has 0 fully saturated rings. The molecule has 0 aliphatic carbocycles. The quantitative estimate of drug-likeness (QED) is 0.371. The average Bonchev–Trinajstić information content (AvgIpc) is 2.80. The lowest BCUT2D eigenvalue weighted by Crippen LogP contribution is -2.06. The van der Waals surface area contributed by atoms with Gasteiger partial charge in [0.05, 0.1) is 24.7 Å². The predicted molar refractivity (Wildman–Crippen MR) is 66.9 cm³/mol. The van der Waals surface area contributed by atoms with Crippen LogP contribution >= 0.6 is 11.3 Å². The summed E-state index contributed by atoms with van der Waals surface area (Å²) in [5, 5.41) is 0.694. The second-order valence-electron chi connectivity index (χ2n) is 3.29. The van der Waals surface area contributed by atoms with Gasteiger partial charge in [-0.2, -0.15) is 0 Å². The summed E-state index contributed by atoms with van der Waals surface area (Å²) in [6.07, 6.45) is 2.66. The van der Waals surface area contributed by atoms with E-state index in [1.807, 2.05) is 0 Å². The summed E-state index contributed by atoms with van der Waals surface area (Å²) in [6.45, 7) is 3.16. The number of hydrazine groups is 1. The van der Waals surface area contributed by atoms with Crippen LogP contribution in [0.25, 0.3) is 0 Å². The van der Waals surface area contributed by atoms with Gasteiger partial charge in [-0.1, -0.05) is 11.3 Å². The Balaban J connectivity index is 1.93. The average molecular weight is 261 g/mol. The van der Waals surface area contributed by atoms with E-state index < -0.39 is 0 Å². The molecule has 0 radical (unpaired) electrons. The van der Waals surface area contributed by atoms with Gasteiger partial charge in [0.15, 0.2) is 5.13 Å². The Kier molecular flexibility index (Phi) is 7.85. The third-order valence-corrected chi connectivity index (χ3v) is 2.83. The Morgan fingerprint density at radius 1 is 1.29 bits per heavy atom. The van der Waals surface area contributed by atoms with Gasteiger partial charge in [-0.25, -0.2) is 10.8 Å². The van der Waals surface area contributed by atoms with E-state index in [2.05, 4.69) is 10.4 Å². The molecule has 0 spiro atoms. The number of thiazole rings is 1. The molecule has 1 heterocycles.